The van der Waals surface area contributed by atoms with Crippen LogP contribution in [0.1, 0.15) is 23.6 Å². The molecule has 2 aromatic carbocycles. The maximum Gasteiger partial charge on any atom is 0.325 e. The van der Waals surface area contributed by atoms with E-state index in [1.807, 2.05) is 31.2 Å². The fraction of sp³-hybridized carbons (Fsp3) is 0.250. The zero-order valence-electron chi connectivity index (χ0n) is 15.4. The van der Waals surface area contributed by atoms with E-state index in [0.717, 1.165) is 29.3 Å². The Balaban J connectivity index is 1.72. The van der Waals surface area contributed by atoms with Gasteiger partial charge in [0.2, 0.25) is 5.91 Å². The molecule has 8 heteroatoms. The molecule has 1 saturated heterocycles. The summed E-state index contributed by atoms with van der Waals surface area (Å²) in [7, 11) is 0. The molecule has 1 heterocycles. The molecular formula is C20H19F2N3O3. The summed E-state index contributed by atoms with van der Waals surface area (Å²) >= 11 is 0. The van der Waals surface area contributed by atoms with Gasteiger partial charge in [0.15, 0.2) is 0 Å². The fourth-order valence-electron chi connectivity index (χ4n) is 3.11. The molecule has 1 fully saturated rings. The van der Waals surface area contributed by atoms with Crippen molar-refractivity contribution in [3.05, 3.63) is 70.8 Å². The summed E-state index contributed by atoms with van der Waals surface area (Å²) in [6, 6.07) is 9.28. The molecule has 2 aromatic rings. The number of hydrogen-bond acceptors (Lipinski definition) is 3. The molecule has 1 aliphatic heterocycles. The molecule has 4 amide bonds. The van der Waals surface area contributed by atoms with Gasteiger partial charge in [-0.05, 0) is 43.2 Å². The minimum atomic E-state index is -1.79. The number of hydrogen-bond donors (Lipinski definition) is 2. The third-order valence-corrected chi connectivity index (χ3v) is 4.78. The van der Waals surface area contributed by atoms with Gasteiger partial charge in [-0.15, -0.1) is 0 Å². The first-order valence-corrected chi connectivity index (χ1v) is 8.63. The molecule has 0 aliphatic carbocycles. The average molecular weight is 387 g/mol. The number of urea groups is 1. The van der Waals surface area contributed by atoms with Crippen molar-refractivity contribution in [2.45, 2.75) is 25.9 Å². The van der Waals surface area contributed by atoms with Gasteiger partial charge in [-0.1, -0.05) is 24.3 Å². The number of nitrogens with one attached hydrogen (secondary N) is 2. The van der Waals surface area contributed by atoms with Gasteiger partial charge >= 0.3 is 6.03 Å². The predicted molar refractivity (Wildman–Crippen MR) is 97.0 cm³/mol. The largest absolute Gasteiger partial charge is 0.350 e. The molecule has 146 valence electrons. The van der Waals surface area contributed by atoms with Gasteiger partial charge in [0.05, 0.1) is 0 Å². The van der Waals surface area contributed by atoms with Crippen LogP contribution in [-0.2, 0) is 21.7 Å². The number of aryl methyl sites for hydroxylation is 1. The summed E-state index contributed by atoms with van der Waals surface area (Å²) in [6.45, 7) is 2.89. The van der Waals surface area contributed by atoms with E-state index in [0.29, 0.717) is 4.90 Å². The third kappa shape index (κ3) is 3.58. The minimum absolute atomic E-state index is 0.241. The number of imide groups is 1. The number of halogens is 2. The lowest BCUT2D eigenvalue weighted by molar-refractivity contribution is -0.134. The highest BCUT2D eigenvalue weighted by Gasteiger charge is 2.50. The molecule has 28 heavy (non-hydrogen) atoms. The maximum atomic E-state index is 14.1. The van der Waals surface area contributed by atoms with Crippen LogP contribution < -0.4 is 10.6 Å². The highest BCUT2D eigenvalue weighted by molar-refractivity contribution is 6.09. The Morgan fingerprint density at radius 1 is 1.18 bits per heavy atom. The number of nitrogens with zero attached hydrogens (tertiary/aromatic N) is 1. The molecule has 1 aliphatic rings. The summed E-state index contributed by atoms with van der Waals surface area (Å²) < 4.78 is 27.7. The predicted octanol–water partition coefficient (Wildman–Crippen LogP) is 2.36. The monoisotopic (exact) mass is 387 g/mol. The Bertz CT molecular complexity index is 963. The second-order valence-electron chi connectivity index (χ2n) is 6.77. The number of rotatable bonds is 5. The number of carbonyl (C=O) groups is 3. The highest BCUT2D eigenvalue weighted by Crippen LogP contribution is 2.31. The summed E-state index contributed by atoms with van der Waals surface area (Å²) in [5.41, 5.74) is -0.195. The lowest BCUT2D eigenvalue weighted by atomic mass is 9.91. The van der Waals surface area contributed by atoms with Gasteiger partial charge in [0, 0.05) is 12.1 Å². The Hall–Kier alpha value is -3.29. The summed E-state index contributed by atoms with van der Waals surface area (Å²) in [4.78, 5) is 37.9. The summed E-state index contributed by atoms with van der Waals surface area (Å²) in [5, 5.41) is 5.00. The van der Waals surface area contributed by atoms with Crippen LogP contribution in [0.15, 0.2) is 42.5 Å². The van der Waals surface area contributed by atoms with Crippen molar-refractivity contribution in [1.82, 2.24) is 15.5 Å². The maximum absolute atomic E-state index is 14.1. The van der Waals surface area contributed by atoms with E-state index >= 15 is 0 Å². The molecule has 0 saturated carbocycles. The highest BCUT2D eigenvalue weighted by atomic mass is 19.1. The second kappa shape index (κ2) is 7.38. The molecule has 1 unspecified atom stereocenters. The standard InChI is InChI=1S/C20H19F2N3O3/c1-12-5-3-4-6-13(12)10-23-17(26)11-25-18(27)20(2,24-19(25)28)15-9-14(21)7-8-16(15)22/h3-9H,10-11H2,1-2H3,(H,23,26)(H,24,28). The van der Waals surface area contributed by atoms with Crippen LogP contribution in [0.5, 0.6) is 0 Å². The molecule has 1 atom stereocenters. The van der Waals surface area contributed by atoms with Crippen LogP contribution in [0.3, 0.4) is 0 Å². The van der Waals surface area contributed by atoms with E-state index in [1.165, 1.54) is 6.92 Å². The topological polar surface area (TPSA) is 78.5 Å². The van der Waals surface area contributed by atoms with Crippen LogP contribution >= 0.6 is 0 Å². The molecule has 3 rings (SSSR count). The Kier molecular flexibility index (Phi) is 5.13. The fourth-order valence-corrected chi connectivity index (χ4v) is 3.11. The van der Waals surface area contributed by atoms with E-state index in [4.69, 9.17) is 0 Å². The zero-order chi connectivity index (χ0) is 20.5. The molecular weight excluding hydrogens is 368 g/mol. The van der Waals surface area contributed by atoms with E-state index in [2.05, 4.69) is 10.6 Å². The van der Waals surface area contributed by atoms with E-state index in [-0.39, 0.29) is 12.1 Å². The zero-order valence-corrected chi connectivity index (χ0v) is 15.4. The molecule has 0 spiro atoms. The first kappa shape index (κ1) is 19.5. The Morgan fingerprint density at radius 2 is 1.89 bits per heavy atom. The molecule has 0 radical (unpaired) electrons. The van der Waals surface area contributed by atoms with Crippen LogP contribution in [0.4, 0.5) is 13.6 Å². The summed E-state index contributed by atoms with van der Waals surface area (Å²) in [6.07, 6.45) is 0. The van der Waals surface area contributed by atoms with E-state index < -0.39 is 41.6 Å². The van der Waals surface area contributed by atoms with Crippen molar-refractivity contribution in [3.63, 3.8) is 0 Å². The SMILES string of the molecule is Cc1ccccc1CNC(=O)CN1C(=O)NC(C)(c2cc(F)ccc2F)C1=O. The second-order valence-corrected chi connectivity index (χ2v) is 6.77. The van der Waals surface area contributed by atoms with Gasteiger partial charge in [-0.3, -0.25) is 14.5 Å². The quantitative estimate of drug-likeness (QED) is 0.773. The number of benzene rings is 2. The van der Waals surface area contributed by atoms with E-state index in [9.17, 15) is 23.2 Å². The minimum Gasteiger partial charge on any atom is -0.350 e. The average Bonchev–Trinajstić information content (AvgIpc) is 2.87. The van der Waals surface area contributed by atoms with Crippen LogP contribution in [0, 0.1) is 18.6 Å². The van der Waals surface area contributed by atoms with Crippen molar-refractivity contribution >= 4 is 17.8 Å². The van der Waals surface area contributed by atoms with Crippen molar-refractivity contribution in [2.24, 2.45) is 0 Å². The normalized spacial score (nSPS) is 18.9. The van der Waals surface area contributed by atoms with Gasteiger partial charge in [-0.25, -0.2) is 13.6 Å². The van der Waals surface area contributed by atoms with Gasteiger partial charge < -0.3 is 10.6 Å². The van der Waals surface area contributed by atoms with Gasteiger partial charge in [0.1, 0.15) is 23.7 Å². The molecule has 0 aromatic heterocycles. The molecule has 2 N–H and O–H groups in total. The lowest BCUT2D eigenvalue weighted by Crippen LogP contribution is -2.43. The van der Waals surface area contributed by atoms with Gasteiger partial charge in [0.25, 0.3) is 5.91 Å². The molecule has 0 bridgehead atoms. The van der Waals surface area contributed by atoms with Crippen molar-refractivity contribution < 1.29 is 23.2 Å². The number of amides is 4. The van der Waals surface area contributed by atoms with Crippen LogP contribution in [0.2, 0.25) is 0 Å². The smallest absolute Gasteiger partial charge is 0.325 e. The lowest BCUT2D eigenvalue weighted by Gasteiger charge is -2.22. The van der Waals surface area contributed by atoms with Crippen molar-refractivity contribution in [2.75, 3.05) is 6.54 Å². The first-order valence-electron chi connectivity index (χ1n) is 8.63. The van der Waals surface area contributed by atoms with Crippen LogP contribution in [0.25, 0.3) is 0 Å². The van der Waals surface area contributed by atoms with Gasteiger partial charge in [-0.2, -0.15) is 0 Å². The third-order valence-electron chi connectivity index (χ3n) is 4.78. The molecule has 6 nitrogen and oxygen atoms in total. The van der Waals surface area contributed by atoms with Crippen LogP contribution in [-0.4, -0.2) is 29.3 Å². The summed E-state index contributed by atoms with van der Waals surface area (Å²) in [5.74, 6) is -2.94. The Labute approximate surface area is 160 Å². The number of carbonyl (C=O) groups excluding carboxylic acids is 3. The van der Waals surface area contributed by atoms with Crippen molar-refractivity contribution in [1.29, 1.82) is 0 Å². The Morgan fingerprint density at radius 3 is 2.61 bits per heavy atom. The van der Waals surface area contributed by atoms with Crippen molar-refractivity contribution in [3.8, 4) is 0 Å². The van der Waals surface area contributed by atoms with E-state index in [1.54, 1.807) is 0 Å². The first-order chi connectivity index (χ1) is 13.2.